The smallest absolute Gasteiger partial charge is 0.306 e. The fraction of sp³-hybridized carbons (Fsp3) is 0.754. The molecule has 386 valence electrons. The molecule has 0 aliphatic carbocycles. The fourth-order valence-electron chi connectivity index (χ4n) is 7.93. The second kappa shape index (κ2) is 55.4. The number of hydrogen-bond donors (Lipinski definition) is 0. The summed E-state index contributed by atoms with van der Waals surface area (Å²) < 4.78 is 16.7. The van der Waals surface area contributed by atoms with E-state index in [0.717, 1.165) is 103 Å². The number of carbonyl (C=O) groups is 3. The highest BCUT2D eigenvalue weighted by Gasteiger charge is 2.19. The van der Waals surface area contributed by atoms with Crippen molar-refractivity contribution in [1.29, 1.82) is 0 Å². The zero-order valence-electron chi connectivity index (χ0n) is 44.2. The van der Waals surface area contributed by atoms with Gasteiger partial charge in [-0.15, -0.1) is 0 Å². The maximum Gasteiger partial charge on any atom is 0.306 e. The van der Waals surface area contributed by atoms with Crippen LogP contribution in [0.3, 0.4) is 0 Å². The second-order valence-electron chi connectivity index (χ2n) is 18.8. The molecular weight excluding hydrogens is 829 g/mol. The molecule has 0 radical (unpaired) electrons. The Morgan fingerprint density at radius 3 is 0.925 bits per heavy atom. The third kappa shape index (κ3) is 53.7. The molecule has 0 fully saturated rings. The molecule has 0 aromatic rings. The predicted octanol–water partition coefficient (Wildman–Crippen LogP) is 19.0. The van der Waals surface area contributed by atoms with E-state index in [1.807, 2.05) is 0 Å². The molecule has 0 bridgehead atoms. The standard InChI is InChI=1S/C61H106O6/c1-4-7-10-13-16-18-20-22-24-25-26-27-28-29-30-31-32-33-34-35-36-37-38-40-41-43-45-48-51-54-60(63)66-57-58(56-65-59(62)53-50-47-15-12-9-6-3)67-61(64)55-52-49-46-44-42-39-23-21-19-17-14-11-8-5-2/h7,10,16,18,21-24,26-27,29-30,58H,4-6,8-9,11-15,17,19-20,25,28,31-57H2,1-3H3/b10-7-,18-16-,23-21-,24-22-,27-26-,30-29-. The van der Waals surface area contributed by atoms with Crippen LogP contribution in [0.2, 0.25) is 0 Å². The number of carbonyl (C=O) groups excluding carboxylic acids is 3. The molecule has 0 aliphatic heterocycles. The van der Waals surface area contributed by atoms with Crippen LogP contribution < -0.4 is 0 Å². The largest absolute Gasteiger partial charge is 0.462 e. The molecule has 0 aromatic heterocycles. The van der Waals surface area contributed by atoms with Gasteiger partial charge in [0.25, 0.3) is 0 Å². The van der Waals surface area contributed by atoms with E-state index < -0.39 is 6.10 Å². The first-order chi connectivity index (χ1) is 33.0. The highest BCUT2D eigenvalue weighted by Crippen LogP contribution is 2.15. The topological polar surface area (TPSA) is 78.9 Å². The van der Waals surface area contributed by atoms with Gasteiger partial charge in [0.1, 0.15) is 13.2 Å². The average Bonchev–Trinajstić information content (AvgIpc) is 3.33. The molecule has 1 atom stereocenters. The van der Waals surface area contributed by atoms with Gasteiger partial charge in [-0.2, -0.15) is 0 Å². The van der Waals surface area contributed by atoms with Crippen LogP contribution in [-0.4, -0.2) is 37.2 Å². The number of allylic oxidation sites excluding steroid dienone is 12. The van der Waals surface area contributed by atoms with Crippen LogP contribution in [0, 0.1) is 0 Å². The maximum atomic E-state index is 12.8. The number of ether oxygens (including phenoxy) is 3. The van der Waals surface area contributed by atoms with Crippen LogP contribution in [0.15, 0.2) is 72.9 Å². The van der Waals surface area contributed by atoms with E-state index in [1.165, 1.54) is 135 Å². The van der Waals surface area contributed by atoms with Crippen LogP contribution >= 0.6 is 0 Å². The van der Waals surface area contributed by atoms with Crippen molar-refractivity contribution in [1.82, 2.24) is 0 Å². The first-order valence-corrected chi connectivity index (χ1v) is 28.4. The normalized spacial score (nSPS) is 12.6. The molecule has 67 heavy (non-hydrogen) atoms. The zero-order chi connectivity index (χ0) is 48.6. The van der Waals surface area contributed by atoms with Crippen molar-refractivity contribution in [2.45, 2.75) is 284 Å². The summed E-state index contributed by atoms with van der Waals surface area (Å²) in [6.45, 7) is 6.46. The van der Waals surface area contributed by atoms with Crippen molar-refractivity contribution in [3.63, 3.8) is 0 Å². The Kier molecular flexibility index (Phi) is 52.8. The van der Waals surface area contributed by atoms with Crippen molar-refractivity contribution in [3.05, 3.63) is 72.9 Å². The average molecular weight is 936 g/mol. The zero-order valence-corrected chi connectivity index (χ0v) is 44.2. The molecule has 0 spiro atoms. The molecule has 6 heteroatoms. The summed E-state index contributed by atoms with van der Waals surface area (Å²) in [4.78, 5) is 37.8. The number of rotatable bonds is 51. The van der Waals surface area contributed by atoms with Gasteiger partial charge >= 0.3 is 17.9 Å². The van der Waals surface area contributed by atoms with E-state index in [-0.39, 0.29) is 31.1 Å². The van der Waals surface area contributed by atoms with Gasteiger partial charge in [0.15, 0.2) is 6.10 Å². The Morgan fingerprint density at radius 1 is 0.313 bits per heavy atom. The van der Waals surface area contributed by atoms with Gasteiger partial charge in [-0.05, 0) is 89.9 Å². The first-order valence-electron chi connectivity index (χ1n) is 28.4. The first kappa shape index (κ1) is 63.8. The summed E-state index contributed by atoms with van der Waals surface area (Å²) in [7, 11) is 0. The van der Waals surface area contributed by atoms with Gasteiger partial charge in [-0.1, -0.05) is 241 Å². The van der Waals surface area contributed by atoms with Crippen LogP contribution in [0.4, 0.5) is 0 Å². The Labute approximate surface area is 414 Å². The number of esters is 3. The molecule has 0 rings (SSSR count). The van der Waals surface area contributed by atoms with Gasteiger partial charge in [0, 0.05) is 19.3 Å². The van der Waals surface area contributed by atoms with E-state index >= 15 is 0 Å². The molecule has 0 amide bonds. The monoisotopic (exact) mass is 935 g/mol. The Hall–Kier alpha value is -3.15. The fourth-order valence-corrected chi connectivity index (χ4v) is 7.93. The molecule has 0 heterocycles. The highest BCUT2D eigenvalue weighted by atomic mass is 16.6. The Morgan fingerprint density at radius 2 is 0.582 bits per heavy atom. The summed E-state index contributed by atoms with van der Waals surface area (Å²) in [5.74, 6) is -0.891. The molecule has 0 saturated carbocycles. The number of hydrogen-bond acceptors (Lipinski definition) is 6. The van der Waals surface area contributed by atoms with E-state index in [1.54, 1.807) is 0 Å². The van der Waals surface area contributed by atoms with Crippen LogP contribution in [0.5, 0.6) is 0 Å². The SMILES string of the molecule is CC/C=C\C/C=C\C/C=C\C/C=C\C/C=C\CCCCCCCCCCCCCCCC(=O)OCC(COC(=O)CCCCCCCC)OC(=O)CCCCCCC/C=C\CCCCCCC. The van der Waals surface area contributed by atoms with Gasteiger partial charge in [-0.3, -0.25) is 14.4 Å². The van der Waals surface area contributed by atoms with Crippen molar-refractivity contribution in [2.75, 3.05) is 13.2 Å². The molecule has 0 aliphatic rings. The minimum absolute atomic E-state index is 0.0770. The van der Waals surface area contributed by atoms with Gasteiger partial charge in [0.2, 0.25) is 0 Å². The van der Waals surface area contributed by atoms with Crippen molar-refractivity contribution in [2.24, 2.45) is 0 Å². The predicted molar refractivity (Wildman–Crippen MR) is 288 cm³/mol. The minimum Gasteiger partial charge on any atom is -0.462 e. The molecule has 0 aromatic carbocycles. The lowest BCUT2D eigenvalue weighted by atomic mass is 10.0. The van der Waals surface area contributed by atoms with Crippen LogP contribution in [-0.2, 0) is 28.6 Å². The summed E-state index contributed by atoms with van der Waals surface area (Å²) in [6, 6.07) is 0. The van der Waals surface area contributed by atoms with Gasteiger partial charge in [0.05, 0.1) is 0 Å². The van der Waals surface area contributed by atoms with Crippen LogP contribution in [0.25, 0.3) is 0 Å². The van der Waals surface area contributed by atoms with E-state index in [0.29, 0.717) is 19.3 Å². The van der Waals surface area contributed by atoms with Gasteiger partial charge in [-0.25, -0.2) is 0 Å². The summed E-state index contributed by atoms with van der Waals surface area (Å²) >= 11 is 0. The Balaban J connectivity index is 4.06. The van der Waals surface area contributed by atoms with E-state index in [9.17, 15) is 14.4 Å². The van der Waals surface area contributed by atoms with Gasteiger partial charge < -0.3 is 14.2 Å². The Bertz CT molecular complexity index is 1260. The lowest BCUT2D eigenvalue weighted by Crippen LogP contribution is -2.30. The highest BCUT2D eigenvalue weighted by molar-refractivity contribution is 5.71. The molecule has 1 unspecified atom stereocenters. The van der Waals surface area contributed by atoms with E-state index in [2.05, 4.69) is 93.7 Å². The summed E-state index contributed by atoms with van der Waals surface area (Å²) in [5, 5.41) is 0. The lowest BCUT2D eigenvalue weighted by molar-refractivity contribution is -0.167. The number of unbranched alkanes of at least 4 members (excludes halogenated alkanes) is 28. The molecule has 6 nitrogen and oxygen atoms in total. The van der Waals surface area contributed by atoms with Crippen molar-refractivity contribution < 1.29 is 28.6 Å². The van der Waals surface area contributed by atoms with E-state index in [4.69, 9.17) is 14.2 Å². The third-order valence-corrected chi connectivity index (χ3v) is 12.2. The molecule has 0 saturated heterocycles. The minimum atomic E-state index is -0.774. The molecule has 0 N–H and O–H groups in total. The maximum absolute atomic E-state index is 12.8. The second-order valence-corrected chi connectivity index (χ2v) is 18.8. The van der Waals surface area contributed by atoms with Crippen LogP contribution in [0.1, 0.15) is 278 Å². The summed E-state index contributed by atoms with van der Waals surface area (Å²) in [6.07, 6.45) is 70.7. The molecular formula is C61H106O6. The van der Waals surface area contributed by atoms with Crippen molar-refractivity contribution in [3.8, 4) is 0 Å². The van der Waals surface area contributed by atoms with Crippen molar-refractivity contribution >= 4 is 17.9 Å². The third-order valence-electron chi connectivity index (χ3n) is 12.2. The summed E-state index contributed by atoms with van der Waals surface area (Å²) in [5.41, 5.74) is 0. The lowest BCUT2D eigenvalue weighted by Gasteiger charge is -2.18. The quantitative estimate of drug-likeness (QED) is 0.0262.